The number of amidine groups is 1. The zero-order valence-electron chi connectivity index (χ0n) is 11.3. The largest absolute Gasteiger partial charge is 0.384 e. The smallest absolute Gasteiger partial charge is 0.126 e. The molecule has 1 aliphatic rings. The SMILES string of the molecule is CCCN1CCN(c2cccc(Br)c2C(=N)N)CC1. The van der Waals surface area contributed by atoms with Crippen LogP contribution in [0.5, 0.6) is 0 Å². The first-order valence-corrected chi connectivity index (χ1v) is 7.53. The number of piperazine rings is 1. The van der Waals surface area contributed by atoms with E-state index in [0.717, 1.165) is 41.9 Å². The molecule has 0 radical (unpaired) electrons. The third-order valence-electron chi connectivity index (χ3n) is 3.51. The Bertz CT molecular complexity index is 453. The fourth-order valence-corrected chi connectivity index (χ4v) is 3.14. The average molecular weight is 325 g/mol. The maximum absolute atomic E-state index is 7.75. The van der Waals surface area contributed by atoms with Gasteiger partial charge in [0.2, 0.25) is 0 Å². The monoisotopic (exact) mass is 324 g/mol. The Morgan fingerprint density at radius 3 is 2.58 bits per heavy atom. The highest BCUT2D eigenvalue weighted by Gasteiger charge is 2.20. The molecule has 5 heteroatoms. The van der Waals surface area contributed by atoms with Gasteiger partial charge in [0.05, 0.1) is 5.56 Å². The predicted molar refractivity (Wildman–Crippen MR) is 84.1 cm³/mol. The molecule has 0 aromatic heterocycles. The van der Waals surface area contributed by atoms with Crippen molar-refractivity contribution in [3.05, 3.63) is 28.2 Å². The number of hydrogen-bond donors (Lipinski definition) is 2. The van der Waals surface area contributed by atoms with Gasteiger partial charge in [0.1, 0.15) is 5.84 Å². The van der Waals surface area contributed by atoms with Gasteiger partial charge in [-0.1, -0.05) is 13.0 Å². The van der Waals surface area contributed by atoms with Gasteiger partial charge < -0.3 is 10.6 Å². The van der Waals surface area contributed by atoms with Crippen LogP contribution in [-0.2, 0) is 0 Å². The van der Waals surface area contributed by atoms with Crippen molar-refractivity contribution in [2.75, 3.05) is 37.6 Å². The highest BCUT2D eigenvalue weighted by Crippen LogP contribution is 2.28. The molecule has 0 bridgehead atoms. The van der Waals surface area contributed by atoms with Crippen molar-refractivity contribution >= 4 is 27.5 Å². The Morgan fingerprint density at radius 1 is 1.32 bits per heavy atom. The molecule has 1 aliphatic heterocycles. The number of nitrogens with zero attached hydrogens (tertiary/aromatic N) is 2. The summed E-state index contributed by atoms with van der Waals surface area (Å²) < 4.78 is 0.897. The molecule has 0 saturated carbocycles. The lowest BCUT2D eigenvalue weighted by molar-refractivity contribution is 0.258. The van der Waals surface area contributed by atoms with Crippen LogP contribution in [-0.4, -0.2) is 43.5 Å². The van der Waals surface area contributed by atoms with E-state index >= 15 is 0 Å². The molecule has 4 nitrogen and oxygen atoms in total. The molecule has 0 aliphatic carbocycles. The van der Waals surface area contributed by atoms with Gasteiger partial charge in [-0.3, -0.25) is 10.3 Å². The molecule has 1 saturated heterocycles. The van der Waals surface area contributed by atoms with Gasteiger partial charge in [-0.15, -0.1) is 0 Å². The number of anilines is 1. The summed E-state index contributed by atoms with van der Waals surface area (Å²) in [6, 6.07) is 5.99. The third-order valence-corrected chi connectivity index (χ3v) is 4.17. The summed E-state index contributed by atoms with van der Waals surface area (Å²) in [5, 5.41) is 7.75. The van der Waals surface area contributed by atoms with Crippen molar-refractivity contribution < 1.29 is 0 Å². The fraction of sp³-hybridized carbons (Fsp3) is 0.500. The molecule has 1 heterocycles. The normalized spacial score (nSPS) is 16.6. The van der Waals surface area contributed by atoms with E-state index in [2.05, 4.69) is 38.7 Å². The molecule has 2 rings (SSSR count). The van der Waals surface area contributed by atoms with E-state index in [9.17, 15) is 0 Å². The van der Waals surface area contributed by atoms with E-state index in [1.165, 1.54) is 13.0 Å². The van der Waals surface area contributed by atoms with Crippen LogP contribution in [0.25, 0.3) is 0 Å². The summed E-state index contributed by atoms with van der Waals surface area (Å²) in [6.45, 7) is 7.54. The van der Waals surface area contributed by atoms with Crippen molar-refractivity contribution in [1.82, 2.24) is 4.90 Å². The van der Waals surface area contributed by atoms with E-state index in [-0.39, 0.29) is 5.84 Å². The lowest BCUT2D eigenvalue weighted by Crippen LogP contribution is -2.47. The summed E-state index contributed by atoms with van der Waals surface area (Å²) in [7, 11) is 0. The number of nitrogen functional groups attached to an aromatic ring is 1. The molecule has 3 N–H and O–H groups in total. The Kier molecular flexibility index (Phi) is 4.82. The van der Waals surface area contributed by atoms with Crippen LogP contribution in [0.4, 0.5) is 5.69 Å². The number of rotatable bonds is 4. The molecular weight excluding hydrogens is 304 g/mol. The molecular formula is C14H21BrN4. The number of nitrogens with two attached hydrogens (primary N) is 1. The third kappa shape index (κ3) is 3.28. The molecule has 1 aromatic carbocycles. The van der Waals surface area contributed by atoms with E-state index in [1.54, 1.807) is 0 Å². The second-order valence-electron chi connectivity index (χ2n) is 4.88. The minimum Gasteiger partial charge on any atom is -0.384 e. The molecule has 1 aromatic rings. The second kappa shape index (κ2) is 6.39. The van der Waals surface area contributed by atoms with E-state index in [1.807, 2.05) is 12.1 Å². The van der Waals surface area contributed by atoms with E-state index in [4.69, 9.17) is 11.1 Å². The van der Waals surface area contributed by atoms with Crippen LogP contribution in [0.2, 0.25) is 0 Å². The topological polar surface area (TPSA) is 56.4 Å². The van der Waals surface area contributed by atoms with Gasteiger partial charge in [0.15, 0.2) is 0 Å². The number of nitrogens with one attached hydrogen (secondary N) is 1. The van der Waals surface area contributed by atoms with Gasteiger partial charge in [-0.05, 0) is 41.0 Å². The van der Waals surface area contributed by atoms with Crippen molar-refractivity contribution in [2.24, 2.45) is 5.73 Å². The number of hydrogen-bond acceptors (Lipinski definition) is 3. The Balaban J connectivity index is 2.15. The van der Waals surface area contributed by atoms with Gasteiger partial charge in [0.25, 0.3) is 0 Å². The molecule has 0 unspecified atom stereocenters. The van der Waals surface area contributed by atoms with Gasteiger partial charge in [-0.25, -0.2) is 0 Å². The molecule has 0 atom stereocenters. The van der Waals surface area contributed by atoms with Crippen LogP contribution in [0, 0.1) is 5.41 Å². The van der Waals surface area contributed by atoms with Crippen molar-refractivity contribution in [3.63, 3.8) is 0 Å². The lowest BCUT2D eigenvalue weighted by Gasteiger charge is -2.37. The molecule has 0 amide bonds. The fourth-order valence-electron chi connectivity index (χ4n) is 2.57. The van der Waals surface area contributed by atoms with E-state index in [0.29, 0.717) is 0 Å². The Hall–Kier alpha value is -1.07. The van der Waals surface area contributed by atoms with Crippen molar-refractivity contribution in [2.45, 2.75) is 13.3 Å². The second-order valence-corrected chi connectivity index (χ2v) is 5.73. The summed E-state index contributed by atoms with van der Waals surface area (Å²) in [6.07, 6.45) is 1.20. The number of halogens is 1. The van der Waals surface area contributed by atoms with Crippen LogP contribution in [0.1, 0.15) is 18.9 Å². The molecule has 19 heavy (non-hydrogen) atoms. The highest BCUT2D eigenvalue weighted by atomic mass is 79.9. The zero-order valence-corrected chi connectivity index (χ0v) is 12.9. The Morgan fingerprint density at radius 2 is 2.00 bits per heavy atom. The maximum atomic E-state index is 7.75. The molecule has 104 valence electrons. The molecule has 0 spiro atoms. The summed E-state index contributed by atoms with van der Waals surface area (Å²) in [5.41, 5.74) is 7.59. The summed E-state index contributed by atoms with van der Waals surface area (Å²) in [5.74, 6) is 0.124. The maximum Gasteiger partial charge on any atom is 0.126 e. The first-order valence-electron chi connectivity index (χ1n) is 6.73. The quantitative estimate of drug-likeness (QED) is 0.659. The van der Waals surface area contributed by atoms with Gasteiger partial charge >= 0.3 is 0 Å². The average Bonchev–Trinajstić information content (AvgIpc) is 2.39. The summed E-state index contributed by atoms with van der Waals surface area (Å²) in [4.78, 5) is 4.82. The predicted octanol–water partition coefficient (Wildman–Crippen LogP) is 2.27. The van der Waals surface area contributed by atoms with Crippen LogP contribution in [0.15, 0.2) is 22.7 Å². The van der Waals surface area contributed by atoms with Crippen LogP contribution >= 0.6 is 15.9 Å². The van der Waals surface area contributed by atoms with Crippen molar-refractivity contribution in [1.29, 1.82) is 5.41 Å². The summed E-state index contributed by atoms with van der Waals surface area (Å²) >= 11 is 3.49. The minimum atomic E-state index is 0.124. The number of benzene rings is 1. The zero-order chi connectivity index (χ0) is 13.8. The molecule has 1 fully saturated rings. The first-order chi connectivity index (χ1) is 9.13. The lowest BCUT2D eigenvalue weighted by atomic mass is 10.1. The standard InChI is InChI=1S/C14H21BrN4/c1-2-6-18-7-9-19(10-8-18)12-5-3-4-11(15)13(12)14(16)17/h3-5H,2,6-10H2,1H3,(H3,16,17). The Labute approximate surface area is 123 Å². The highest BCUT2D eigenvalue weighted by molar-refractivity contribution is 9.10. The van der Waals surface area contributed by atoms with Crippen LogP contribution in [0.3, 0.4) is 0 Å². The van der Waals surface area contributed by atoms with Gasteiger partial charge in [0, 0.05) is 36.3 Å². The van der Waals surface area contributed by atoms with Crippen molar-refractivity contribution in [3.8, 4) is 0 Å². The minimum absolute atomic E-state index is 0.124. The van der Waals surface area contributed by atoms with E-state index < -0.39 is 0 Å². The van der Waals surface area contributed by atoms with Crippen LogP contribution < -0.4 is 10.6 Å². The first kappa shape index (κ1) is 14.3. The van der Waals surface area contributed by atoms with Gasteiger partial charge in [-0.2, -0.15) is 0 Å².